The number of aliphatic hydroxyl groups is 1. The second-order valence-electron chi connectivity index (χ2n) is 3.85. The molecule has 0 aliphatic heterocycles. The van der Waals surface area contributed by atoms with E-state index in [0.717, 1.165) is 12.8 Å². The lowest BCUT2D eigenvalue weighted by molar-refractivity contribution is -0.147. The number of aliphatic hydroxyl groups excluding tert-OH is 1. The van der Waals surface area contributed by atoms with Gasteiger partial charge in [0.2, 0.25) is 0 Å². The predicted molar refractivity (Wildman–Crippen MR) is 59.4 cm³/mol. The molecular formula is C11H23NO3. The zero-order valence-electron chi connectivity index (χ0n) is 9.74. The van der Waals surface area contributed by atoms with Gasteiger partial charge in [-0.05, 0) is 13.3 Å². The first-order chi connectivity index (χ1) is 7.09. The number of carbonyl (C=O) groups excluding carboxylic acids is 1. The fourth-order valence-corrected chi connectivity index (χ4v) is 1.17. The minimum absolute atomic E-state index is 0.406. The minimum Gasteiger partial charge on any atom is -0.464 e. The summed E-state index contributed by atoms with van der Waals surface area (Å²) in [6.45, 7) is 4.04. The van der Waals surface area contributed by atoms with Gasteiger partial charge in [-0.3, -0.25) is 4.79 Å². The van der Waals surface area contributed by atoms with Crippen molar-refractivity contribution in [3.63, 3.8) is 0 Å². The Bertz CT molecular complexity index is 171. The van der Waals surface area contributed by atoms with Crippen molar-refractivity contribution in [3.8, 4) is 0 Å². The SMILES string of the molecule is CCCCCCCOC(=O)[C@@H](N)[C@@H](C)O. The van der Waals surface area contributed by atoms with Gasteiger partial charge in [-0.1, -0.05) is 32.6 Å². The lowest BCUT2D eigenvalue weighted by atomic mass is 10.2. The minimum atomic E-state index is -0.916. The van der Waals surface area contributed by atoms with Crippen LogP contribution in [0.2, 0.25) is 0 Å². The molecule has 3 N–H and O–H groups in total. The third-order valence-corrected chi connectivity index (χ3v) is 2.28. The number of esters is 1. The fourth-order valence-electron chi connectivity index (χ4n) is 1.17. The van der Waals surface area contributed by atoms with E-state index in [1.165, 1.54) is 26.2 Å². The number of unbranched alkanes of at least 4 members (excludes halogenated alkanes) is 4. The van der Waals surface area contributed by atoms with Crippen molar-refractivity contribution in [3.05, 3.63) is 0 Å². The number of ether oxygens (including phenoxy) is 1. The van der Waals surface area contributed by atoms with Crippen LogP contribution < -0.4 is 5.73 Å². The fraction of sp³-hybridized carbons (Fsp3) is 0.909. The van der Waals surface area contributed by atoms with Crippen molar-refractivity contribution in [2.24, 2.45) is 5.73 Å². The topological polar surface area (TPSA) is 72.5 Å². The molecule has 0 aliphatic rings. The molecule has 0 radical (unpaired) electrons. The Morgan fingerprint density at radius 1 is 1.33 bits per heavy atom. The zero-order chi connectivity index (χ0) is 11.7. The van der Waals surface area contributed by atoms with Crippen LogP contribution >= 0.6 is 0 Å². The van der Waals surface area contributed by atoms with Gasteiger partial charge in [-0.2, -0.15) is 0 Å². The quantitative estimate of drug-likeness (QED) is 0.473. The number of rotatable bonds is 8. The summed E-state index contributed by atoms with van der Waals surface area (Å²) >= 11 is 0. The van der Waals surface area contributed by atoms with Gasteiger partial charge in [0.05, 0.1) is 12.7 Å². The smallest absolute Gasteiger partial charge is 0.325 e. The Morgan fingerprint density at radius 3 is 2.47 bits per heavy atom. The number of hydrogen-bond acceptors (Lipinski definition) is 4. The van der Waals surface area contributed by atoms with E-state index in [9.17, 15) is 4.79 Å². The molecule has 0 saturated heterocycles. The second-order valence-corrected chi connectivity index (χ2v) is 3.85. The van der Waals surface area contributed by atoms with Crippen LogP contribution in [0.25, 0.3) is 0 Å². The monoisotopic (exact) mass is 217 g/mol. The summed E-state index contributed by atoms with van der Waals surface area (Å²) in [7, 11) is 0. The summed E-state index contributed by atoms with van der Waals surface area (Å²) < 4.78 is 4.92. The van der Waals surface area contributed by atoms with Crippen molar-refractivity contribution < 1.29 is 14.6 Å². The second kappa shape index (κ2) is 8.68. The average Bonchev–Trinajstić information content (AvgIpc) is 2.21. The van der Waals surface area contributed by atoms with Crippen LogP contribution in [-0.4, -0.2) is 29.8 Å². The van der Waals surface area contributed by atoms with Crippen LogP contribution in [0.1, 0.15) is 46.0 Å². The van der Waals surface area contributed by atoms with Crippen LogP contribution in [0, 0.1) is 0 Å². The van der Waals surface area contributed by atoms with Gasteiger partial charge < -0.3 is 15.6 Å². The van der Waals surface area contributed by atoms with Crippen molar-refractivity contribution in [1.82, 2.24) is 0 Å². The Kier molecular flexibility index (Phi) is 8.33. The molecule has 0 bridgehead atoms. The highest BCUT2D eigenvalue weighted by molar-refractivity contribution is 5.76. The molecule has 4 heteroatoms. The molecule has 0 heterocycles. The largest absolute Gasteiger partial charge is 0.464 e. The van der Waals surface area contributed by atoms with Gasteiger partial charge in [0.15, 0.2) is 0 Å². The third kappa shape index (κ3) is 7.33. The molecule has 15 heavy (non-hydrogen) atoms. The van der Waals surface area contributed by atoms with Crippen LogP contribution in [-0.2, 0) is 9.53 Å². The van der Waals surface area contributed by atoms with Crippen LogP contribution in [0.4, 0.5) is 0 Å². The van der Waals surface area contributed by atoms with E-state index < -0.39 is 18.1 Å². The van der Waals surface area contributed by atoms with Crippen LogP contribution in [0.15, 0.2) is 0 Å². The Labute approximate surface area is 91.8 Å². The predicted octanol–water partition coefficient (Wildman–Crippen LogP) is 1.21. The Morgan fingerprint density at radius 2 is 1.93 bits per heavy atom. The molecule has 0 aliphatic carbocycles. The Balaban J connectivity index is 3.39. The van der Waals surface area contributed by atoms with Gasteiger partial charge in [0.25, 0.3) is 0 Å². The molecule has 90 valence electrons. The summed E-state index contributed by atoms with van der Waals surface area (Å²) in [6.07, 6.45) is 4.70. The molecular weight excluding hydrogens is 194 g/mol. The average molecular weight is 217 g/mol. The molecule has 0 aromatic carbocycles. The van der Waals surface area contributed by atoms with Crippen molar-refractivity contribution in [2.45, 2.75) is 58.1 Å². The van der Waals surface area contributed by atoms with E-state index in [4.69, 9.17) is 15.6 Å². The first-order valence-electron chi connectivity index (χ1n) is 5.69. The van der Waals surface area contributed by atoms with E-state index in [0.29, 0.717) is 6.61 Å². The van der Waals surface area contributed by atoms with E-state index in [1.807, 2.05) is 0 Å². The third-order valence-electron chi connectivity index (χ3n) is 2.28. The molecule has 0 spiro atoms. The van der Waals surface area contributed by atoms with Crippen LogP contribution in [0.3, 0.4) is 0 Å². The molecule has 0 amide bonds. The normalized spacial score (nSPS) is 14.7. The number of nitrogens with two attached hydrogens (primary N) is 1. The van der Waals surface area contributed by atoms with E-state index in [1.54, 1.807) is 0 Å². The first kappa shape index (κ1) is 14.4. The summed E-state index contributed by atoms with van der Waals surface area (Å²) in [6, 6.07) is -0.916. The maximum absolute atomic E-state index is 11.2. The maximum atomic E-state index is 11.2. The van der Waals surface area contributed by atoms with E-state index in [-0.39, 0.29) is 0 Å². The van der Waals surface area contributed by atoms with E-state index in [2.05, 4.69) is 6.92 Å². The lowest BCUT2D eigenvalue weighted by Crippen LogP contribution is -2.41. The summed E-state index contributed by atoms with van der Waals surface area (Å²) in [5, 5.41) is 9.04. The first-order valence-corrected chi connectivity index (χ1v) is 5.69. The molecule has 0 aromatic heterocycles. The molecule has 0 unspecified atom stereocenters. The van der Waals surface area contributed by atoms with Crippen molar-refractivity contribution in [1.29, 1.82) is 0 Å². The Hall–Kier alpha value is -0.610. The van der Waals surface area contributed by atoms with Gasteiger partial charge in [-0.25, -0.2) is 0 Å². The summed E-state index contributed by atoms with van der Waals surface area (Å²) in [5.41, 5.74) is 5.40. The molecule has 0 aromatic rings. The molecule has 0 fully saturated rings. The summed E-state index contributed by atoms with van der Waals surface area (Å²) in [5.74, 6) is -0.513. The van der Waals surface area contributed by atoms with Crippen molar-refractivity contribution >= 4 is 5.97 Å². The molecule has 4 nitrogen and oxygen atoms in total. The highest BCUT2D eigenvalue weighted by Crippen LogP contribution is 2.03. The van der Waals surface area contributed by atoms with Crippen LogP contribution in [0.5, 0.6) is 0 Å². The van der Waals surface area contributed by atoms with Crippen molar-refractivity contribution in [2.75, 3.05) is 6.61 Å². The van der Waals surface area contributed by atoms with Gasteiger partial charge in [0, 0.05) is 0 Å². The maximum Gasteiger partial charge on any atom is 0.325 e. The van der Waals surface area contributed by atoms with Gasteiger partial charge in [0.1, 0.15) is 6.04 Å². The molecule has 2 atom stereocenters. The van der Waals surface area contributed by atoms with Gasteiger partial charge >= 0.3 is 5.97 Å². The number of hydrogen-bond donors (Lipinski definition) is 2. The highest BCUT2D eigenvalue weighted by atomic mass is 16.5. The standard InChI is InChI=1S/C11H23NO3/c1-3-4-5-6-7-8-15-11(14)10(12)9(2)13/h9-10,13H,3-8,12H2,1-2H3/t9-,10+/m1/s1. The zero-order valence-corrected chi connectivity index (χ0v) is 9.74. The molecule has 0 saturated carbocycles. The van der Waals surface area contributed by atoms with Gasteiger partial charge in [-0.15, -0.1) is 0 Å². The molecule has 0 rings (SSSR count). The summed E-state index contributed by atoms with van der Waals surface area (Å²) in [4.78, 5) is 11.2. The van der Waals surface area contributed by atoms with E-state index >= 15 is 0 Å². The number of carbonyl (C=O) groups is 1. The highest BCUT2D eigenvalue weighted by Gasteiger charge is 2.19. The lowest BCUT2D eigenvalue weighted by Gasteiger charge is -2.13.